The topological polar surface area (TPSA) is 46.1 Å². The summed E-state index contributed by atoms with van der Waals surface area (Å²) in [4.78, 5) is 23.4. The zero-order chi connectivity index (χ0) is 20.5. The van der Waals surface area contributed by atoms with Gasteiger partial charge in [-0.2, -0.15) is 0 Å². The van der Waals surface area contributed by atoms with Crippen molar-refractivity contribution in [3.05, 3.63) is 88.2 Å². The Morgan fingerprint density at radius 3 is 2.72 bits per heavy atom. The highest BCUT2D eigenvalue weighted by Crippen LogP contribution is 2.34. The Labute approximate surface area is 174 Å². The molecule has 1 amide bonds. The van der Waals surface area contributed by atoms with Gasteiger partial charge < -0.3 is 0 Å². The number of benzene rings is 2. The minimum Gasteiger partial charge on any atom is -0.278 e. The van der Waals surface area contributed by atoms with Crippen LogP contribution in [0.25, 0.3) is 10.2 Å². The quantitative estimate of drug-likeness (QED) is 0.413. The molecule has 0 spiro atoms. The van der Waals surface area contributed by atoms with Gasteiger partial charge in [0.25, 0.3) is 5.91 Å². The minimum atomic E-state index is -0.929. The Bertz CT molecular complexity index is 1210. The van der Waals surface area contributed by atoms with Crippen LogP contribution in [0.15, 0.2) is 54.7 Å². The van der Waals surface area contributed by atoms with Gasteiger partial charge in [0.05, 0.1) is 28.0 Å². The van der Waals surface area contributed by atoms with Gasteiger partial charge in [0.2, 0.25) is 0 Å². The van der Waals surface area contributed by atoms with Crippen LogP contribution in [0.4, 0.5) is 13.9 Å². The summed E-state index contributed by atoms with van der Waals surface area (Å²) in [6, 6.07) is 11.8. The summed E-state index contributed by atoms with van der Waals surface area (Å²) >= 11 is 7.41. The van der Waals surface area contributed by atoms with Crippen LogP contribution in [0.1, 0.15) is 21.6 Å². The van der Waals surface area contributed by atoms with E-state index in [0.29, 0.717) is 27.4 Å². The highest BCUT2D eigenvalue weighted by atomic mass is 35.5. The number of anilines is 1. The number of halogens is 3. The molecule has 0 aliphatic heterocycles. The van der Waals surface area contributed by atoms with Crippen molar-refractivity contribution in [2.75, 3.05) is 4.90 Å². The van der Waals surface area contributed by atoms with E-state index < -0.39 is 17.5 Å². The SMILES string of the molecule is Cc1cc(Cl)cc2sc(N(Cc3ccccn3)C(=O)c3ccc(F)cc3F)nc12. The highest BCUT2D eigenvalue weighted by Gasteiger charge is 2.25. The van der Waals surface area contributed by atoms with E-state index in [2.05, 4.69) is 9.97 Å². The molecule has 0 atom stereocenters. The van der Waals surface area contributed by atoms with E-state index in [-0.39, 0.29) is 12.1 Å². The average Bonchev–Trinajstić information content (AvgIpc) is 3.10. The summed E-state index contributed by atoms with van der Waals surface area (Å²) < 4.78 is 28.4. The van der Waals surface area contributed by atoms with Crippen LogP contribution in [0, 0.1) is 18.6 Å². The van der Waals surface area contributed by atoms with Gasteiger partial charge in [0.1, 0.15) is 11.6 Å². The van der Waals surface area contributed by atoms with Crippen LogP contribution in [-0.2, 0) is 6.54 Å². The summed E-state index contributed by atoms with van der Waals surface area (Å²) in [5.74, 6) is -2.31. The predicted molar refractivity (Wildman–Crippen MR) is 110 cm³/mol. The molecule has 2 aromatic carbocycles. The summed E-state index contributed by atoms with van der Waals surface area (Å²) in [6.07, 6.45) is 1.61. The first kappa shape index (κ1) is 19.4. The van der Waals surface area contributed by atoms with E-state index in [1.807, 2.05) is 6.92 Å². The lowest BCUT2D eigenvalue weighted by molar-refractivity contribution is 0.0981. The van der Waals surface area contributed by atoms with Gasteiger partial charge in [-0.15, -0.1) is 0 Å². The lowest BCUT2D eigenvalue weighted by Gasteiger charge is -2.20. The number of amides is 1. The molecule has 0 aliphatic rings. The zero-order valence-corrected chi connectivity index (χ0v) is 16.8. The van der Waals surface area contributed by atoms with E-state index >= 15 is 0 Å². The number of nitrogens with zero attached hydrogens (tertiary/aromatic N) is 3. The fourth-order valence-electron chi connectivity index (χ4n) is 2.95. The summed E-state index contributed by atoms with van der Waals surface area (Å²) in [5, 5.41) is 0.946. The van der Waals surface area contributed by atoms with Crippen LogP contribution in [0.3, 0.4) is 0 Å². The molecule has 2 heterocycles. The van der Waals surface area contributed by atoms with E-state index in [0.717, 1.165) is 22.4 Å². The Hall–Kier alpha value is -2.90. The standard InChI is InChI=1S/C21H14ClF2N3OS/c1-12-8-13(22)9-18-19(12)26-21(29-18)27(11-15-4-2-3-7-25-15)20(28)16-6-5-14(23)10-17(16)24/h2-10H,11H2,1H3. The maximum atomic E-state index is 14.3. The van der Waals surface area contributed by atoms with Gasteiger partial charge in [-0.25, -0.2) is 13.8 Å². The largest absolute Gasteiger partial charge is 0.278 e. The number of thiazole rings is 1. The van der Waals surface area contributed by atoms with Crippen LogP contribution in [0.2, 0.25) is 5.02 Å². The first-order valence-corrected chi connectivity index (χ1v) is 9.85. The summed E-state index contributed by atoms with van der Waals surface area (Å²) in [5.41, 5.74) is 1.95. The van der Waals surface area contributed by atoms with Crippen molar-refractivity contribution in [1.29, 1.82) is 0 Å². The molecule has 4 rings (SSSR count). The molecule has 0 fully saturated rings. The van der Waals surface area contributed by atoms with E-state index in [9.17, 15) is 13.6 Å². The van der Waals surface area contributed by atoms with E-state index in [4.69, 9.17) is 11.6 Å². The second-order valence-electron chi connectivity index (χ2n) is 6.40. The third kappa shape index (κ3) is 3.97. The van der Waals surface area contributed by atoms with Crippen molar-refractivity contribution < 1.29 is 13.6 Å². The second kappa shape index (κ2) is 7.85. The molecule has 0 saturated carbocycles. The molecular formula is C21H14ClF2N3OS. The molecule has 0 unspecified atom stereocenters. The van der Waals surface area contributed by atoms with Crippen LogP contribution >= 0.6 is 22.9 Å². The molecule has 2 aromatic heterocycles. The molecule has 0 radical (unpaired) electrons. The first-order valence-electron chi connectivity index (χ1n) is 8.66. The fourth-order valence-corrected chi connectivity index (χ4v) is 4.36. The van der Waals surface area contributed by atoms with E-state index in [1.54, 1.807) is 36.5 Å². The van der Waals surface area contributed by atoms with Crippen molar-refractivity contribution in [2.45, 2.75) is 13.5 Å². The van der Waals surface area contributed by atoms with Gasteiger partial charge in [0, 0.05) is 17.3 Å². The van der Waals surface area contributed by atoms with Crippen molar-refractivity contribution in [2.24, 2.45) is 0 Å². The number of rotatable bonds is 4. The lowest BCUT2D eigenvalue weighted by atomic mass is 10.1. The van der Waals surface area contributed by atoms with Crippen LogP contribution < -0.4 is 4.90 Å². The summed E-state index contributed by atoms with van der Waals surface area (Å²) in [6.45, 7) is 1.96. The number of carbonyl (C=O) groups is 1. The molecule has 0 N–H and O–H groups in total. The van der Waals surface area contributed by atoms with Gasteiger partial charge in [-0.3, -0.25) is 14.7 Å². The molecular weight excluding hydrogens is 416 g/mol. The molecule has 4 aromatic rings. The summed E-state index contributed by atoms with van der Waals surface area (Å²) in [7, 11) is 0. The third-order valence-corrected chi connectivity index (χ3v) is 5.57. The van der Waals surface area contributed by atoms with Gasteiger partial charge >= 0.3 is 0 Å². The fraction of sp³-hybridized carbons (Fsp3) is 0.0952. The molecule has 8 heteroatoms. The molecule has 146 valence electrons. The van der Waals surface area contributed by atoms with Crippen molar-refractivity contribution in [1.82, 2.24) is 9.97 Å². The predicted octanol–water partition coefficient (Wildman–Crippen LogP) is 5.78. The normalized spacial score (nSPS) is 11.0. The maximum absolute atomic E-state index is 14.3. The van der Waals surface area contributed by atoms with Crippen molar-refractivity contribution in [3.63, 3.8) is 0 Å². The van der Waals surface area contributed by atoms with Crippen molar-refractivity contribution in [3.8, 4) is 0 Å². The number of hydrogen-bond donors (Lipinski definition) is 0. The number of aryl methyl sites for hydroxylation is 1. The zero-order valence-electron chi connectivity index (χ0n) is 15.2. The highest BCUT2D eigenvalue weighted by molar-refractivity contribution is 7.22. The molecule has 4 nitrogen and oxygen atoms in total. The Balaban J connectivity index is 1.82. The van der Waals surface area contributed by atoms with Gasteiger partial charge in [0.15, 0.2) is 5.13 Å². The van der Waals surface area contributed by atoms with Crippen LogP contribution in [-0.4, -0.2) is 15.9 Å². The van der Waals surface area contributed by atoms with Gasteiger partial charge in [-0.1, -0.05) is 29.0 Å². The minimum absolute atomic E-state index is 0.0864. The van der Waals surface area contributed by atoms with Crippen LogP contribution in [0.5, 0.6) is 0 Å². The number of pyridine rings is 1. The number of aromatic nitrogens is 2. The lowest BCUT2D eigenvalue weighted by Crippen LogP contribution is -2.31. The maximum Gasteiger partial charge on any atom is 0.263 e. The molecule has 0 saturated heterocycles. The smallest absolute Gasteiger partial charge is 0.263 e. The molecule has 0 aliphatic carbocycles. The first-order chi connectivity index (χ1) is 13.9. The Morgan fingerprint density at radius 2 is 2.00 bits per heavy atom. The van der Waals surface area contributed by atoms with Gasteiger partial charge in [-0.05, 0) is 48.9 Å². The average molecular weight is 430 g/mol. The van der Waals surface area contributed by atoms with Crippen molar-refractivity contribution >= 4 is 44.2 Å². The monoisotopic (exact) mass is 429 g/mol. The molecule has 29 heavy (non-hydrogen) atoms. The third-order valence-electron chi connectivity index (χ3n) is 4.32. The number of carbonyl (C=O) groups excluding carboxylic acids is 1. The number of hydrogen-bond acceptors (Lipinski definition) is 4. The Kier molecular flexibility index (Phi) is 5.25. The molecule has 0 bridgehead atoms. The van der Waals surface area contributed by atoms with E-state index in [1.165, 1.54) is 16.2 Å². The number of fused-ring (bicyclic) bond motifs is 1. The second-order valence-corrected chi connectivity index (χ2v) is 7.85. The Morgan fingerprint density at radius 1 is 1.17 bits per heavy atom.